The molecule has 0 atom stereocenters. The lowest BCUT2D eigenvalue weighted by molar-refractivity contribution is 0.0658. The van der Waals surface area contributed by atoms with Crippen LogP contribution < -0.4 is 5.32 Å². The number of aliphatic hydroxyl groups is 1. The molecule has 0 bridgehead atoms. The summed E-state index contributed by atoms with van der Waals surface area (Å²) in [5.74, 6) is -0.447. The van der Waals surface area contributed by atoms with Gasteiger partial charge in [-0.25, -0.2) is 4.79 Å². The van der Waals surface area contributed by atoms with E-state index in [1.807, 2.05) is 0 Å². The third-order valence-electron chi connectivity index (χ3n) is 3.66. The van der Waals surface area contributed by atoms with E-state index in [-0.39, 0.29) is 17.9 Å². The van der Waals surface area contributed by atoms with Crippen molar-refractivity contribution in [3.05, 3.63) is 23.2 Å². The molecule has 0 unspecified atom stereocenters. The second-order valence-electron chi connectivity index (χ2n) is 5.03. The minimum absolute atomic E-state index is 0.00345. The fourth-order valence-corrected chi connectivity index (χ4v) is 2.56. The number of nitrogens with one attached hydrogen (secondary N) is 1. The van der Waals surface area contributed by atoms with E-state index in [1.54, 1.807) is 13.0 Å². The van der Waals surface area contributed by atoms with Crippen molar-refractivity contribution < 1.29 is 19.4 Å². The fourth-order valence-electron chi connectivity index (χ4n) is 2.56. The Bertz CT molecular complexity index is 432. The fraction of sp³-hybridized carbons (Fsp3) is 0.615. The van der Waals surface area contributed by atoms with Gasteiger partial charge in [0.1, 0.15) is 5.76 Å². The van der Waals surface area contributed by atoms with Gasteiger partial charge in [0.05, 0.1) is 13.2 Å². The zero-order valence-corrected chi connectivity index (χ0v) is 10.5. The van der Waals surface area contributed by atoms with Crippen LogP contribution in [0.3, 0.4) is 0 Å². The molecule has 0 aliphatic heterocycles. The zero-order chi connectivity index (χ0) is 13.2. The second kappa shape index (κ2) is 5.12. The molecule has 1 aromatic rings. The molecule has 0 spiro atoms. The monoisotopic (exact) mass is 253 g/mol. The van der Waals surface area contributed by atoms with E-state index in [1.165, 1.54) is 0 Å². The van der Waals surface area contributed by atoms with Gasteiger partial charge in [-0.15, -0.1) is 0 Å². The first-order chi connectivity index (χ1) is 8.56. The average molecular weight is 253 g/mol. The summed E-state index contributed by atoms with van der Waals surface area (Å²) in [4.78, 5) is 10.9. The summed E-state index contributed by atoms with van der Waals surface area (Å²) >= 11 is 0. The van der Waals surface area contributed by atoms with Crippen molar-refractivity contribution in [3.63, 3.8) is 0 Å². The summed E-state index contributed by atoms with van der Waals surface area (Å²) in [6.07, 6.45) is 4.14. The highest BCUT2D eigenvalue weighted by Gasteiger charge is 2.32. The summed E-state index contributed by atoms with van der Waals surface area (Å²) in [7, 11) is 0. The van der Waals surface area contributed by atoms with Crippen molar-refractivity contribution >= 4 is 5.97 Å². The largest absolute Gasteiger partial charge is 0.475 e. The number of aliphatic hydroxyl groups excluding tert-OH is 1. The molecule has 5 heteroatoms. The highest BCUT2D eigenvalue weighted by molar-refractivity contribution is 5.86. The van der Waals surface area contributed by atoms with Gasteiger partial charge in [-0.3, -0.25) is 0 Å². The minimum Gasteiger partial charge on any atom is -0.475 e. The highest BCUT2D eigenvalue weighted by atomic mass is 16.4. The number of rotatable bonds is 5. The molecule has 3 N–H and O–H groups in total. The van der Waals surface area contributed by atoms with Crippen molar-refractivity contribution in [3.8, 4) is 0 Å². The van der Waals surface area contributed by atoms with Gasteiger partial charge in [0.25, 0.3) is 0 Å². The van der Waals surface area contributed by atoms with Crippen molar-refractivity contribution in [2.45, 2.75) is 44.7 Å². The quantitative estimate of drug-likeness (QED) is 0.743. The SMILES string of the molecule is Cc1cc(CNC2(CO)CCCC2)oc1C(=O)O. The van der Waals surface area contributed by atoms with Crippen molar-refractivity contribution in [2.75, 3.05) is 6.61 Å². The van der Waals surface area contributed by atoms with Gasteiger partial charge in [-0.2, -0.15) is 0 Å². The number of furan rings is 1. The van der Waals surface area contributed by atoms with Crippen LogP contribution in [0.1, 0.15) is 47.6 Å². The van der Waals surface area contributed by atoms with Crippen LogP contribution in [0, 0.1) is 6.92 Å². The van der Waals surface area contributed by atoms with Gasteiger partial charge in [0.2, 0.25) is 5.76 Å². The van der Waals surface area contributed by atoms with Gasteiger partial charge in [0.15, 0.2) is 0 Å². The summed E-state index contributed by atoms with van der Waals surface area (Å²) in [5, 5.41) is 21.7. The van der Waals surface area contributed by atoms with Gasteiger partial charge in [-0.05, 0) is 25.8 Å². The third kappa shape index (κ3) is 2.57. The zero-order valence-electron chi connectivity index (χ0n) is 10.5. The average Bonchev–Trinajstić information content (AvgIpc) is 2.94. The van der Waals surface area contributed by atoms with E-state index < -0.39 is 5.97 Å². The van der Waals surface area contributed by atoms with Crippen LogP contribution in [0.25, 0.3) is 0 Å². The van der Waals surface area contributed by atoms with Crippen LogP contribution in [0.15, 0.2) is 10.5 Å². The molecule has 0 amide bonds. The maximum atomic E-state index is 10.9. The number of carbonyl (C=O) groups is 1. The molecule has 18 heavy (non-hydrogen) atoms. The standard InChI is InChI=1S/C13H19NO4/c1-9-6-10(18-11(9)12(16)17)7-14-13(8-15)4-2-3-5-13/h6,14-15H,2-5,7-8H2,1H3,(H,16,17). The van der Waals surface area contributed by atoms with Crippen LogP contribution in [0.2, 0.25) is 0 Å². The molecular formula is C13H19NO4. The molecule has 2 rings (SSSR count). The molecule has 1 aliphatic carbocycles. The van der Waals surface area contributed by atoms with Gasteiger partial charge >= 0.3 is 5.97 Å². The topological polar surface area (TPSA) is 82.7 Å². The molecule has 0 radical (unpaired) electrons. The molecule has 1 heterocycles. The van der Waals surface area contributed by atoms with E-state index in [0.29, 0.717) is 17.9 Å². The molecule has 1 aliphatic rings. The molecule has 1 saturated carbocycles. The van der Waals surface area contributed by atoms with Crippen molar-refractivity contribution in [2.24, 2.45) is 0 Å². The first-order valence-corrected chi connectivity index (χ1v) is 6.25. The Morgan fingerprint density at radius 1 is 1.50 bits per heavy atom. The highest BCUT2D eigenvalue weighted by Crippen LogP contribution is 2.29. The van der Waals surface area contributed by atoms with Crippen LogP contribution in [0.4, 0.5) is 0 Å². The van der Waals surface area contributed by atoms with Crippen LogP contribution in [0.5, 0.6) is 0 Å². The summed E-state index contributed by atoms with van der Waals surface area (Å²) in [5.41, 5.74) is 0.410. The Kier molecular flexibility index (Phi) is 3.73. The normalized spacial score (nSPS) is 18.1. The third-order valence-corrected chi connectivity index (χ3v) is 3.66. The maximum Gasteiger partial charge on any atom is 0.372 e. The Balaban J connectivity index is 2.01. The lowest BCUT2D eigenvalue weighted by Crippen LogP contribution is -2.45. The van der Waals surface area contributed by atoms with Crippen LogP contribution in [-0.2, 0) is 6.54 Å². The van der Waals surface area contributed by atoms with E-state index in [4.69, 9.17) is 9.52 Å². The lowest BCUT2D eigenvalue weighted by Gasteiger charge is -2.27. The smallest absolute Gasteiger partial charge is 0.372 e. The second-order valence-corrected chi connectivity index (χ2v) is 5.03. The predicted molar refractivity (Wildman–Crippen MR) is 65.5 cm³/mol. The lowest BCUT2D eigenvalue weighted by atomic mass is 9.99. The number of carboxylic acid groups (broad SMARTS) is 1. The molecule has 5 nitrogen and oxygen atoms in total. The van der Waals surface area contributed by atoms with E-state index in [9.17, 15) is 9.90 Å². The molecular weight excluding hydrogens is 234 g/mol. The van der Waals surface area contributed by atoms with Crippen LogP contribution >= 0.6 is 0 Å². The van der Waals surface area contributed by atoms with Crippen LogP contribution in [-0.4, -0.2) is 28.3 Å². The number of hydrogen-bond donors (Lipinski definition) is 3. The predicted octanol–water partition coefficient (Wildman–Crippen LogP) is 1.68. The Morgan fingerprint density at radius 2 is 2.17 bits per heavy atom. The van der Waals surface area contributed by atoms with Gasteiger partial charge in [-0.1, -0.05) is 12.8 Å². The number of hydrogen-bond acceptors (Lipinski definition) is 4. The number of aryl methyl sites for hydroxylation is 1. The Morgan fingerprint density at radius 3 is 2.67 bits per heavy atom. The molecule has 1 fully saturated rings. The maximum absolute atomic E-state index is 10.9. The number of aromatic carboxylic acids is 1. The van der Waals surface area contributed by atoms with E-state index >= 15 is 0 Å². The Labute approximate surface area is 106 Å². The number of carboxylic acids is 1. The molecule has 0 aromatic carbocycles. The molecule has 100 valence electrons. The van der Waals surface area contributed by atoms with E-state index in [0.717, 1.165) is 25.7 Å². The first-order valence-electron chi connectivity index (χ1n) is 6.25. The Hall–Kier alpha value is -1.33. The molecule has 1 aromatic heterocycles. The van der Waals surface area contributed by atoms with Crippen molar-refractivity contribution in [1.29, 1.82) is 0 Å². The summed E-state index contributed by atoms with van der Waals surface area (Å²) in [6, 6.07) is 1.73. The van der Waals surface area contributed by atoms with Gasteiger partial charge in [0, 0.05) is 11.1 Å². The van der Waals surface area contributed by atoms with Gasteiger partial charge < -0.3 is 19.9 Å². The van der Waals surface area contributed by atoms with E-state index in [2.05, 4.69) is 5.32 Å². The first kappa shape index (κ1) is 13.1. The minimum atomic E-state index is -1.04. The summed E-state index contributed by atoms with van der Waals surface area (Å²) in [6.45, 7) is 2.28. The summed E-state index contributed by atoms with van der Waals surface area (Å²) < 4.78 is 5.28. The van der Waals surface area contributed by atoms with Crippen molar-refractivity contribution in [1.82, 2.24) is 5.32 Å². The molecule has 0 saturated heterocycles.